The quantitative estimate of drug-likeness (QED) is 0.546. The molecule has 0 aromatic heterocycles. The van der Waals surface area contributed by atoms with Crippen molar-refractivity contribution in [2.45, 2.75) is 38.8 Å². The van der Waals surface area contributed by atoms with Gasteiger partial charge in [-0.3, -0.25) is 10.1 Å². The lowest BCUT2D eigenvalue weighted by atomic mass is 10.1. The van der Waals surface area contributed by atoms with Gasteiger partial charge in [-0.25, -0.2) is 0 Å². The standard InChI is InChI=1S/C10H21NO3S/c1-8(2)11-10(3,9(13)14)7-15-6-4-5-12/h8,11-12H,4-7H2,1-3H3,(H,13,14). The Morgan fingerprint density at radius 2 is 2.13 bits per heavy atom. The van der Waals surface area contributed by atoms with Gasteiger partial charge in [0.1, 0.15) is 5.54 Å². The van der Waals surface area contributed by atoms with Crippen LogP contribution in [0.4, 0.5) is 0 Å². The van der Waals surface area contributed by atoms with Crippen LogP contribution in [0.5, 0.6) is 0 Å². The van der Waals surface area contributed by atoms with Crippen LogP contribution < -0.4 is 5.32 Å². The van der Waals surface area contributed by atoms with Gasteiger partial charge >= 0.3 is 5.97 Å². The highest BCUT2D eigenvalue weighted by molar-refractivity contribution is 7.99. The number of carbonyl (C=O) groups is 1. The predicted molar refractivity (Wildman–Crippen MR) is 63.3 cm³/mol. The lowest BCUT2D eigenvalue weighted by molar-refractivity contribution is -0.143. The second-order valence-corrected chi connectivity index (χ2v) is 5.17. The highest BCUT2D eigenvalue weighted by atomic mass is 32.2. The van der Waals surface area contributed by atoms with Crippen LogP contribution in [0.2, 0.25) is 0 Å². The molecule has 0 aliphatic carbocycles. The molecule has 0 amide bonds. The summed E-state index contributed by atoms with van der Waals surface area (Å²) in [6.45, 7) is 5.72. The third kappa shape index (κ3) is 6.02. The summed E-state index contributed by atoms with van der Waals surface area (Å²) >= 11 is 1.55. The van der Waals surface area contributed by atoms with Gasteiger partial charge in [0.2, 0.25) is 0 Å². The van der Waals surface area contributed by atoms with E-state index in [-0.39, 0.29) is 12.6 Å². The van der Waals surface area contributed by atoms with Gasteiger partial charge in [-0.2, -0.15) is 11.8 Å². The fraction of sp³-hybridized carbons (Fsp3) is 0.900. The van der Waals surface area contributed by atoms with E-state index in [1.807, 2.05) is 13.8 Å². The van der Waals surface area contributed by atoms with Crippen LogP contribution in [-0.2, 0) is 4.79 Å². The Kier molecular flexibility index (Phi) is 6.96. The van der Waals surface area contributed by atoms with Crippen LogP contribution in [-0.4, -0.2) is 45.9 Å². The van der Waals surface area contributed by atoms with Gasteiger partial charge < -0.3 is 10.2 Å². The first-order valence-corrected chi connectivity index (χ1v) is 6.27. The molecule has 0 radical (unpaired) electrons. The molecule has 0 aromatic rings. The largest absolute Gasteiger partial charge is 0.480 e. The van der Waals surface area contributed by atoms with Gasteiger partial charge in [-0.05, 0) is 32.9 Å². The minimum atomic E-state index is -0.881. The minimum Gasteiger partial charge on any atom is -0.480 e. The maximum absolute atomic E-state index is 11.1. The maximum atomic E-state index is 11.1. The number of carboxylic acids is 1. The Balaban J connectivity index is 4.08. The molecule has 0 bridgehead atoms. The van der Waals surface area contributed by atoms with Gasteiger partial charge in [-0.15, -0.1) is 0 Å². The summed E-state index contributed by atoms with van der Waals surface area (Å²) in [5.41, 5.74) is -0.881. The van der Waals surface area contributed by atoms with Gasteiger partial charge in [-0.1, -0.05) is 0 Å². The molecule has 4 nitrogen and oxygen atoms in total. The van der Waals surface area contributed by atoms with E-state index in [0.717, 1.165) is 5.75 Å². The summed E-state index contributed by atoms with van der Waals surface area (Å²) < 4.78 is 0. The number of carboxylic acid groups (broad SMARTS) is 1. The van der Waals surface area contributed by atoms with Gasteiger partial charge in [0, 0.05) is 18.4 Å². The van der Waals surface area contributed by atoms with Crippen LogP contribution >= 0.6 is 11.8 Å². The van der Waals surface area contributed by atoms with E-state index < -0.39 is 11.5 Å². The molecule has 0 spiro atoms. The SMILES string of the molecule is CC(C)NC(C)(CSCCCO)C(=O)O. The first kappa shape index (κ1) is 14.7. The van der Waals surface area contributed by atoms with E-state index >= 15 is 0 Å². The van der Waals surface area contributed by atoms with Crippen molar-refractivity contribution in [2.24, 2.45) is 0 Å². The van der Waals surface area contributed by atoms with Gasteiger partial charge in [0.15, 0.2) is 0 Å². The zero-order chi connectivity index (χ0) is 11.9. The summed E-state index contributed by atoms with van der Waals surface area (Å²) in [6, 6.07) is 0.143. The second-order valence-electron chi connectivity index (χ2n) is 4.07. The molecular weight excluding hydrogens is 214 g/mol. The van der Waals surface area contributed by atoms with Crippen molar-refractivity contribution in [2.75, 3.05) is 18.1 Å². The zero-order valence-corrected chi connectivity index (χ0v) is 10.4. The molecule has 0 fully saturated rings. The number of aliphatic hydroxyl groups excluding tert-OH is 1. The molecule has 3 N–H and O–H groups in total. The third-order valence-corrected chi connectivity index (χ3v) is 3.28. The summed E-state index contributed by atoms with van der Waals surface area (Å²) in [4.78, 5) is 11.1. The lowest BCUT2D eigenvalue weighted by Gasteiger charge is -2.28. The molecule has 5 heteroatoms. The fourth-order valence-electron chi connectivity index (χ4n) is 1.25. The first-order chi connectivity index (χ1) is 6.92. The Morgan fingerprint density at radius 1 is 1.53 bits per heavy atom. The predicted octanol–water partition coefficient (Wildman–Crippen LogP) is 0.943. The van der Waals surface area contributed by atoms with E-state index in [9.17, 15) is 4.79 Å². The smallest absolute Gasteiger partial charge is 0.324 e. The number of thioether (sulfide) groups is 1. The highest BCUT2D eigenvalue weighted by Gasteiger charge is 2.33. The summed E-state index contributed by atoms with van der Waals surface area (Å²) in [5, 5.41) is 20.8. The van der Waals surface area contributed by atoms with Crippen molar-refractivity contribution in [3.8, 4) is 0 Å². The van der Waals surface area contributed by atoms with Crippen LogP contribution in [0.3, 0.4) is 0 Å². The Hall–Kier alpha value is -0.260. The van der Waals surface area contributed by atoms with Gasteiger partial charge in [0.25, 0.3) is 0 Å². The second kappa shape index (κ2) is 7.09. The van der Waals surface area contributed by atoms with Gasteiger partial charge in [0.05, 0.1) is 0 Å². The molecule has 0 aromatic carbocycles. The maximum Gasteiger partial charge on any atom is 0.324 e. The average Bonchev–Trinajstić information content (AvgIpc) is 2.11. The molecular formula is C10H21NO3S. The molecule has 0 heterocycles. The van der Waals surface area contributed by atoms with Crippen molar-refractivity contribution >= 4 is 17.7 Å². The normalized spacial score (nSPS) is 15.3. The van der Waals surface area contributed by atoms with E-state index in [1.165, 1.54) is 0 Å². The minimum absolute atomic E-state index is 0.143. The molecule has 0 aliphatic heterocycles. The van der Waals surface area contributed by atoms with Crippen LogP contribution in [0.25, 0.3) is 0 Å². The van der Waals surface area contributed by atoms with Crippen molar-refractivity contribution < 1.29 is 15.0 Å². The Morgan fingerprint density at radius 3 is 2.53 bits per heavy atom. The van der Waals surface area contributed by atoms with Crippen molar-refractivity contribution in [3.05, 3.63) is 0 Å². The van der Waals surface area contributed by atoms with E-state index in [2.05, 4.69) is 5.32 Å². The van der Waals surface area contributed by atoms with Crippen molar-refractivity contribution in [3.63, 3.8) is 0 Å². The molecule has 90 valence electrons. The number of hydrogen-bond donors (Lipinski definition) is 3. The Labute approximate surface area is 95.4 Å². The van der Waals surface area contributed by atoms with Crippen LogP contribution in [0, 0.1) is 0 Å². The van der Waals surface area contributed by atoms with Crippen LogP contribution in [0.1, 0.15) is 27.2 Å². The summed E-state index contributed by atoms with van der Waals surface area (Å²) in [6.07, 6.45) is 0.710. The van der Waals surface area contributed by atoms with E-state index in [0.29, 0.717) is 12.2 Å². The third-order valence-electron chi connectivity index (χ3n) is 1.92. The fourth-order valence-corrected chi connectivity index (χ4v) is 2.34. The number of nitrogens with one attached hydrogen (secondary N) is 1. The summed E-state index contributed by atoms with van der Waals surface area (Å²) in [5.74, 6) is 0.479. The lowest BCUT2D eigenvalue weighted by Crippen LogP contribution is -2.54. The van der Waals surface area contributed by atoms with Crippen LogP contribution in [0.15, 0.2) is 0 Å². The number of hydrogen-bond acceptors (Lipinski definition) is 4. The van der Waals surface area contributed by atoms with E-state index in [4.69, 9.17) is 10.2 Å². The van der Waals surface area contributed by atoms with E-state index in [1.54, 1.807) is 18.7 Å². The molecule has 0 rings (SSSR count). The molecule has 1 unspecified atom stereocenters. The number of aliphatic hydroxyl groups is 1. The highest BCUT2D eigenvalue weighted by Crippen LogP contribution is 2.15. The molecule has 15 heavy (non-hydrogen) atoms. The van der Waals surface area contributed by atoms with Crippen molar-refractivity contribution in [1.29, 1.82) is 0 Å². The summed E-state index contributed by atoms with van der Waals surface area (Å²) in [7, 11) is 0. The number of aliphatic carboxylic acids is 1. The molecule has 1 atom stereocenters. The zero-order valence-electron chi connectivity index (χ0n) is 9.62. The average molecular weight is 235 g/mol. The topological polar surface area (TPSA) is 69.6 Å². The monoisotopic (exact) mass is 235 g/mol. The molecule has 0 aliphatic rings. The Bertz CT molecular complexity index is 199. The first-order valence-electron chi connectivity index (χ1n) is 5.12. The molecule has 0 saturated heterocycles. The molecule has 0 saturated carbocycles. The van der Waals surface area contributed by atoms with Crippen molar-refractivity contribution in [1.82, 2.24) is 5.32 Å². The number of rotatable bonds is 8.